The van der Waals surface area contributed by atoms with Crippen LogP contribution in [0.2, 0.25) is 4.34 Å². The van der Waals surface area contributed by atoms with E-state index in [0.29, 0.717) is 6.54 Å². The summed E-state index contributed by atoms with van der Waals surface area (Å²) in [7, 11) is 0. The van der Waals surface area contributed by atoms with E-state index < -0.39 is 0 Å². The molecule has 0 aliphatic carbocycles. The van der Waals surface area contributed by atoms with Gasteiger partial charge in [-0.25, -0.2) is 4.98 Å². The van der Waals surface area contributed by atoms with Gasteiger partial charge in [0.1, 0.15) is 5.01 Å². The number of rotatable bonds is 7. The van der Waals surface area contributed by atoms with Gasteiger partial charge in [0.25, 0.3) is 0 Å². The van der Waals surface area contributed by atoms with Crippen LogP contribution in [0, 0.1) is 0 Å². The fraction of sp³-hybridized carbons (Fsp3) is 0.467. The topological polar surface area (TPSA) is 68.0 Å². The lowest BCUT2D eigenvalue weighted by Gasteiger charge is -2.31. The second-order valence-corrected chi connectivity index (χ2v) is 7.74. The van der Waals surface area contributed by atoms with Crippen molar-refractivity contribution in [3.63, 3.8) is 0 Å². The number of nitrogens with one attached hydrogen (secondary N) is 1. The fourth-order valence-corrected chi connectivity index (χ4v) is 4.14. The number of thiophene rings is 1. The monoisotopic (exact) mass is 429 g/mol. The van der Waals surface area contributed by atoms with Crippen molar-refractivity contribution in [2.45, 2.75) is 38.6 Å². The van der Waals surface area contributed by atoms with Gasteiger partial charge < -0.3 is 11.1 Å². The van der Waals surface area contributed by atoms with Crippen LogP contribution in [-0.2, 0) is 11.2 Å². The fourth-order valence-electron chi connectivity index (χ4n) is 2.20. The molecular formula is C15H22Cl3N3OS2. The number of halogens is 3. The zero-order valence-electron chi connectivity index (χ0n) is 13.5. The molecule has 1 amide bonds. The lowest BCUT2D eigenvalue weighted by Crippen LogP contribution is -2.53. The van der Waals surface area contributed by atoms with Crippen LogP contribution in [0.15, 0.2) is 17.5 Å². The summed E-state index contributed by atoms with van der Waals surface area (Å²) in [6.45, 7) is 4.53. The third-order valence-electron chi connectivity index (χ3n) is 3.83. The molecule has 0 spiro atoms. The molecule has 0 radical (unpaired) electrons. The van der Waals surface area contributed by atoms with Gasteiger partial charge in [0.05, 0.1) is 26.9 Å². The van der Waals surface area contributed by atoms with Crippen molar-refractivity contribution >= 4 is 65.0 Å². The molecule has 2 aromatic rings. The first-order chi connectivity index (χ1) is 10.5. The normalized spacial score (nSPS) is 10.7. The van der Waals surface area contributed by atoms with E-state index in [1.54, 1.807) is 0 Å². The third-order valence-corrected chi connectivity index (χ3v) is 6.12. The molecule has 0 aromatic carbocycles. The molecule has 2 heterocycles. The average Bonchev–Trinajstić information content (AvgIpc) is 3.14. The van der Waals surface area contributed by atoms with Crippen LogP contribution >= 0.6 is 59.1 Å². The van der Waals surface area contributed by atoms with E-state index in [1.165, 1.54) is 22.7 Å². The zero-order chi connectivity index (χ0) is 16.2. The molecule has 0 atom stereocenters. The Morgan fingerprint density at radius 3 is 2.50 bits per heavy atom. The number of carbonyl (C=O) groups is 1. The van der Waals surface area contributed by atoms with Gasteiger partial charge in [0.2, 0.25) is 5.91 Å². The van der Waals surface area contributed by atoms with Gasteiger partial charge in [0.15, 0.2) is 0 Å². The number of aromatic nitrogens is 1. The van der Waals surface area contributed by atoms with Crippen molar-refractivity contribution in [1.82, 2.24) is 10.3 Å². The van der Waals surface area contributed by atoms with Crippen LogP contribution in [-0.4, -0.2) is 23.0 Å². The molecule has 0 saturated heterocycles. The number of hydrogen-bond donors (Lipinski definition) is 2. The Morgan fingerprint density at radius 2 is 2.00 bits per heavy atom. The molecule has 136 valence electrons. The lowest BCUT2D eigenvalue weighted by molar-refractivity contribution is -0.122. The summed E-state index contributed by atoms with van der Waals surface area (Å²) in [6.07, 6.45) is 1.92. The summed E-state index contributed by atoms with van der Waals surface area (Å²) in [6, 6.07) is 3.80. The number of amides is 1. The maximum atomic E-state index is 12.2. The maximum absolute atomic E-state index is 12.2. The van der Waals surface area contributed by atoms with E-state index in [0.717, 1.165) is 32.8 Å². The molecule has 0 saturated carbocycles. The van der Waals surface area contributed by atoms with Gasteiger partial charge in [-0.1, -0.05) is 25.4 Å². The van der Waals surface area contributed by atoms with Crippen molar-refractivity contribution in [3.8, 4) is 9.88 Å². The van der Waals surface area contributed by atoms with E-state index >= 15 is 0 Å². The molecule has 24 heavy (non-hydrogen) atoms. The molecule has 9 heteroatoms. The highest BCUT2D eigenvalue weighted by atomic mass is 35.5. The molecule has 0 bridgehead atoms. The molecule has 3 N–H and O–H groups in total. The second-order valence-electron chi connectivity index (χ2n) is 5.16. The summed E-state index contributed by atoms with van der Waals surface area (Å²) in [5, 5.41) is 5.88. The van der Waals surface area contributed by atoms with Gasteiger partial charge in [0, 0.05) is 11.9 Å². The third kappa shape index (κ3) is 5.86. The lowest BCUT2D eigenvalue weighted by atomic mass is 9.92. The Morgan fingerprint density at radius 1 is 1.33 bits per heavy atom. The Hall–Kier alpha value is -0.370. The molecule has 2 aromatic heterocycles. The Labute approximate surface area is 168 Å². The Balaban J connectivity index is 0.00000264. The molecule has 0 aliphatic rings. The quantitative estimate of drug-likeness (QED) is 0.677. The first kappa shape index (κ1) is 23.6. The summed E-state index contributed by atoms with van der Waals surface area (Å²) < 4.78 is 0.739. The summed E-state index contributed by atoms with van der Waals surface area (Å²) in [5.74, 6) is -0.0322. The van der Waals surface area contributed by atoms with E-state index in [1.807, 2.05) is 31.4 Å². The molecule has 4 nitrogen and oxygen atoms in total. The van der Waals surface area contributed by atoms with Gasteiger partial charge >= 0.3 is 0 Å². The van der Waals surface area contributed by atoms with Crippen molar-refractivity contribution in [2.24, 2.45) is 5.73 Å². The highest BCUT2D eigenvalue weighted by Gasteiger charge is 2.26. The van der Waals surface area contributed by atoms with Crippen LogP contribution in [0.1, 0.15) is 32.4 Å². The largest absolute Gasteiger partial charge is 0.349 e. The van der Waals surface area contributed by atoms with Crippen LogP contribution in [0.5, 0.6) is 0 Å². The number of nitrogens with two attached hydrogens (primary N) is 1. The highest BCUT2D eigenvalue weighted by molar-refractivity contribution is 7.23. The molecule has 0 aliphatic heterocycles. The minimum absolute atomic E-state index is 0. The zero-order valence-corrected chi connectivity index (χ0v) is 17.5. The second kappa shape index (κ2) is 10.6. The van der Waals surface area contributed by atoms with Crippen LogP contribution < -0.4 is 11.1 Å². The first-order valence-corrected chi connectivity index (χ1v) is 9.30. The minimum Gasteiger partial charge on any atom is -0.349 e. The van der Waals surface area contributed by atoms with Gasteiger partial charge in [-0.15, -0.1) is 47.5 Å². The van der Waals surface area contributed by atoms with E-state index in [4.69, 9.17) is 17.3 Å². The summed E-state index contributed by atoms with van der Waals surface area (Å²) in [5.41, 5.74) is 6.28. The Kier molecular flexibility index (Phi) is 10.4. The van der Waals surface area contributed by atoms with E-state index in [9.17, 15) is 4.79 Å². The molecule has 0 unspecified atom stereocenters. The van der Waals surface area contributed by atoms with Gasteiger partial charge in [-0.05, 0) is 25.0 Å². The number of carbonyl (C=O) groups excluding carboxylic acids is 1. The van der Waals surface area contributed by atoms with E-state index in [-0.39, 0.29) is 42.7 Å². The van der Waals surface area contributed by atoms with Crippen LogP contribution in [0.4, 0.5) is 0 Å². The first-order valence-electron chi connectivity index (χ1n) is 7.23. The SMILES string of the molecule is CCC(CC)(CN)NC(=O)Cc1csc(-c2ccc(Cl)s2)n1.Cl.Cl. The van der Waals surface area contributed by atoms with Crippen molar-refractivity contribution < 1.29 is 4.79 Å². The Bertz CT molecular complexity index is 633. The molecule has 0 fully saturated rings. The van der Waals surface area contributed by atoms with E-state index in [2.05, 4.69) is 10.3 Å². The van der Waals surface area contributed by atoms with Crippen molar-refractivity contribution in [3.05, 3.63) is 27.5 Å². The smallest absolute Gasteiger partial charge is 0.226 e. The highest BCUT2D eigenvalue weighted by Crippen LogP contribution is 2.33. The predicted molar refractivity (Wildman–Crippen MR) is 109 cm³/mol. The van der Waals surface area contributed by atoms with Gasteiger partial charge in [-0.2, -0.15) is 0 Å². The molecular weight excluding hydrogens is 409 g/mol. The summed E-state index contributed by atoms with van der Waals surface area (Å²) in [4.78, 5) is 17.8. The minimum atomic E-state index is -0.308. The van der Waals surface area contributed by atoms with Crippen molar-refractivity contribution in [1.29, 1.82) is 0 Å². The average molecular weight is 431 g/mol. The van der Waals surface area contributed by atoms with Gasteiger partial charge in [-0.3, -0.25) is 4.79 Å². The van der Waals surface area contributed by atoms with Crippen LogP contribution in [0.3, 0.4) is 0 Å². The summed E-state index contributed by atoms with van der Waals surface area (Å²) >= 11 is 8.96. The van der Waals surface area contributed by atoms with Crippen molar-refractivity contribution in [2.75, 3.05) is 6.54 Å². The number of nitrogens with zero attached hydrogens (tertiary/aromatic N) is 1. The predicted octanol–water partition coefficient (Wildman–Crippen LogP) is 4.54. The number of thiazole rings is 1. The molecule has 2 rings (SSSR count). The maximum Gasteiger partial charge on any atom is 0.226 e. The number of hydrogen-bond acceptors (Lipinski definition) is 5. The standard InChI is InChI=1S/C15H20ClN3OS2.2ClH/c1-3-15(4-2,9-17)19-13(20)7-10-8-21-14(18-10)11-5-6-12(16)22-11;;/h5-6,8H,3-4,7,9,17H2,1-2H3,(H,19,20);2*1H. The van der Waals surface area contributed by atoms with Crippen LogP contribution in [0.25, 0.3) is 9.88 Å².